The molecule has 2 rings (SSSR count). The molecule has 0 atom stereocenters. The van der Waals surface area contributed by atoms with Gasteiger partial charge in [-0.1, -0.05) is 26.7 Å². The number of nitrogens with one attached hydrogen (secondary N) is 1. The van der Waals surface area contributed by atoms with Gasteiger partial charge in [-0.05, 0) is 18.8 Å². The molecule has 19 heavy (non-hydrogen) atoms. The zero-order valence-corrected chi connectivity index (χ0v) is 12.2. The summed E-state index contributed by atoms with van der Waals surface area (Å²) in [6, 6.07) is 0. The number of aliphatic hydroxyl groups is 1. The van der Waals surface area contributed by atoms with Gasteiger partial charge in [-0.3, -0.25) is 4.79 Å². The van der Waals surface area contributed by atoms with E-state index in [2.05, 4.69) is 5.32 Å². The first kappa shape index (κ1) is 14.8. The minimum Gasteiger partial charge on any atom is -0.388 e. The van der Waals surface area contributed by atoms with Crippen LogP contribution in [0.5, 0.6) is 0 Å². The standard InChI is InChI=1S/C15H27NO3/c1-14(2,12-5-3-4-6-12)13(17)16-11-15(18)7-9-19-10-8-15/h12,18H,3-11H2,1-2H3,(H,16,17). The quantitative estimate of drug-likeness (QED) is 0.819. The van der Waals surface area contributed by atoms with Crippen molar-refractivity contribution in [3.63, 3.8) is 0 Å². The molecule has 1 saturated heterocycles. The third-order valence-electron chi connectivity index (χ3n) is 4.96. The summed E-state index contributed by atoms with van der Waals surface area (Å²) in [5, 5.41) is 13.3. The van der Waals surface area contributed by atoms with E-state index in [0.717, 1.165) is 12.8 Å². The third-order valence-corrected chi connectivity index (χ3v) is 4.96. The van der Waals surface area contributed by atoms with Crippen molar-refractivity contribution >= 4 is 5.91 Å². The molecular formula is C15H27NO3. The van der Waals surface area contributed by atoms with Crippen molar-refractivity contribution in [3.05, 3.63) is 0 Å². The van der Waals surface area contributed by atoms with Gasteiger partial charge < -0.3 is 15.2 Å². The van der Waals surface area contributed by atoms with Crippen molar-refractivity contribution in [3.8, 4) is 0 Å². The highest BCUT2D eigenvalue weighted by molar-refractivity contribution is 5.82. The maximum atomic E-state index is 12.4. The van der Waals surface area contributed by atoms with E-state index < -0.39 is 5.60 Å². The summed E-state index contributed by atoms with van der Waals surface area (Å²) in [6.45, 7) is 5.58. The summed E-state index contributed by atoms with van der Waals surface area (Å²) in [6.07, 6.45) is 6.00. The van der Waals surface area contributed by atoms with Crippen molar-refractivity contribution < 1.29 is 14.6 Å². The van der Waals surface area contributed by atoms with E-state index in [1.54, 1.807) is 0 Å². The Hall–Kier alpha value is -0.610. The average Bonchev–Trinajstić information content (AvgIpc) is 2.91. The molecule has 2 N–H and O–H groups in total. The van der Waals surface area contributed by atoms with Crippen molar-refractivity contribution in [2.75, 3.05) is 19.8 Å². The molecule has 4 heteroatoms. The molecule has 1 saturated carbocycles. The van der Waals surface area contributed by atoms with E-state index in [1.807, 2.05) is 13.8 Å². The lowest BCUT2D eigenvalue weighted by Gasteiger charge is -2.35. The van der Waals surface area contributed by atoms with Gasteiger partial charge in [0.1, 0.15) is 0 Å². The Morgan fingerprint density at radius 2 is 1.89 bits per heavy atom. The molecule has 0 aromatic rings. The second-order valence-corrected chi connectivity index (χ2v) is 6.72. The molecule has 0 aromatic heterocycles. The molecule has 0 bridgehead atoms. The average molecular weight is 269 g/mol. The van der Waals surface area contributed by atoms with Gasteiger partial charge in [0, 0.05) is 38.0 Å². The fourth-order valence-corrected chi connectivity index (χ4v) is 3.23. The molecular weight excluding hydrogens is 242 g/mol. The van der Waals surface area contributed by atoms with Gasteiger partial charge in [0.25, 0.3) is 0 Å². The van der Waals surface area contributed by atoms with Gasteiger partial charge in [-0.25, -0.2) is 0 Å². The van der Waals surface area contributed by atoms with Crippen molar-refractivity contribution in [1.82, 2.24) is 5.32 Å². The van der Waals surface area contributed by atoms with Crippen LogP contribution in [-0.4, -0.2) is 36.4 Å². The van der Waals surface area contributed by atoms with Gasteiger partial charge in [0.2, 0.25) is 5.91 Å². The Bertz CT molecular complexity index is 315. The number of carbonyl (C=O) groups is 1. The molecule has 0 spiro atoms. The molecule has 0 radical (unpaired) electrons. The minimum absolute atomic E-state index is 0.0827. The van der Waals surface area contributed by atoms with Gasteiger partial charge in [0.05, 0.1) is 5.60 Å². The number of hydrogen-bond donors (Lipinski definition) is 2. The minimum atomic E-state index is -0.778. The molecule has 1 heterocycles. The zero-order chi connectivity index (χ0) is 13.9. The van der Waals surface area contributed by atoms with Gasteiger partial charge in [0.15, 0.2) is 0 Å². The van der Waals surface area contributed by atoms with E-state index in [0.29, 0.717) is 38.5 Å². The van der Waals surface area contributed by atoms with Crippen LogP contribution in [0, 0.1) is 11.3 Å². The second-order valence-electron chi connectivity index (χ2n) is 6.72. The first-order valence-electron chi connectivity index (χ1n) is 7.52. The number of ether oxygens (including phenoxy) is 1. The predicted molar refractivity (Wildman–Crippen MR) is 73.8 cm³/mol. The van der Waals surface area contributed by atoms with Crippen LogP contribution in [0.15, 0.2) is 0 Å². The summed E-state index contributed by atoms with van der Waals surface area (Å²) in [5.74, 6) is 0.566. The summed E-state index contributed by atoms with van der Waals surface area (Å²) < 4.78 is 5.25. The summed E-state index contributed by atoms with van der Waals surface area (Å²) >= 11 is 0. The fraction of sp³-hybridized carbons (Fsp3) is 0.933. The van der Waals surface area contributed by atoms with Gasteiger partial charge in [-0.15, -0.1) is 0 Å². The van der Waals surface area contributed by atoms with E-state index in [1.165, 1.54) is 12.8 Å². The lowest BCUT2D eigenvalue weighted by molar-refractivity contribution is -0.134. The highest BCUT2D eigenvalue weighted by Gasteiger charge is 2.39. The zero-order valence-electron chi connectivity index (χ0n) is 12.2. The molecule has 110 valence electrons. The monoisotopic (exact) mass is 269 g/mol. The van der Waals surface area contributed by atoms with Crippen LogP contribution in [0.4, 0.5) is 0 Å². The topological polar surface area (TPSA) is 58.6 Å². The lowest BCUT2D eigenvalue weighted by atomic mass is 9.77. The third kappa shape index (κ3) is 3.48. The van der Waals surface area contributed by atoms with E-state index in [9.17, 15) is 9.90 Å². The van der Waals surface area contributed by atoms with Crippen molar-refractivity contribution in [2.24, 2.45) is 11.3 Å². The lowest BCUT2D eigenvalue weighted by Crippen LogP contribution is -2.50. The highest BCUT2D eigenvalue weighted by Crippen LogP contribution is 2.39. The molecule has 2 fully saturated rings. The highest BCUT2D eigenvalue weighted by atomic mass is 16.5. The number of amides is 1. The van der Waals surface area contributed by atoms with Crippen LogP contribution in [0.1, 0.15) is 52.4 Å². The number of rotatable bonds is 4. The van der Waals surface area contributed by atoms with E-state index in [-0.39, 0.29) is 11.3 Å². The number of carbonyl (C=O) groups excluding carboxylic acids is 1. The largest absolute Gasteiger partial charge is 0.388 e. The summed E-state index contributed by atoms with van der Waals surface area (Å²) in [7, 11) is 0. The molecule has 1 aliphatic carbocycles. The van der Waals surface area contributed by atoms with Crippen LogP contribution in [-0.2, 0) is 9.53 Å². The van der Waals surface area contributed by atoms with Crippen LogP contribution in [0.3, 0.4) is 0 Å². The Kier molecular flexibility index (Phi) is 4.51. The van der Waals surface area contributed by atoms with Crippen LogP contribution >= 0.6 is 0 Å². The summed E-state index contributed by atoms with van der Waals surface area (Å²) in [5.41, 5.74) is -1.10. The molecule has 0 aromatic carbocycles. The fourth-order valence-electron chi connectivity index (χ4n) is 3.23. The second kappa shape index (κ2) is 5.80. The normalized spacial score (nSPS) is 24.4. The Labute approximate surface area is 115 Å². The van der Waals surface area contributed by atoms with Crippen molar-refractivity contribution in [1.29, 1.82) is 0 Å². The molecule has 1 aliphatic heterocycles. The smallest absolute Gasteiger partial charge is 0.226 e. The molecule has 2 aliphatic rings. The maximum Gasteiger partial charge on any atom is 0.226 e. The van der Waals surface area contributed by atoms with Crippen LogP contribution in [0.25, 0.3) is 0 Å². The number of hydrogen-bond acceptors (Lipinski definition) is 3. The Morgan fingerprint density at radius 3 is 2.47 bits per heavy atom. The Morgan fingerprint density at radius 1 is 1.32 bits per heavy atom. The van der Waals surface area contributed by atoms with E-state index in [4.69, 9.17) is 4.74 Å². The Balaban J connectivity index is 1.86. The molecule has 4 nitrogen and oxygen atoms in total. The van der Waals surface area contributed by atoms with Gasteiger partial charge >= 0.3 is 0 Å². The first-order chi connectivity index (χ1) is 8.94. The van der Waals surface area contributed by atoms with Crippen LogP contribution in [0.2, 0.25) is 0 Å². The summed E-state index contributed by atoms with van der Waals surface area (Å²) in [4.78, 5) is 12.4. The van der Waals surface area contributed by atoms with Gasteiger partial charge in [-0.2, -0.15) is 0 Å². The molecule has 1 amide bonds. The first-order valence-corrected chi connectivity index (χ1v) is 7.52. The SMILES string of the molecule is CC(C)(C(=O)NCC1(O)CCOCC1)C1CCCC1. The van der Waals surface area contributed by atoms with E-state index >= 15 is 0 Å². The molecule has 0 unspecified atom stereocenters. The van der Waals surface area contributed by atoms with Crippen molar-refractivity contribution in [2.45, 2.75) is 58.0 Å². The predicted octanol–water partition coefficient (Wildman–Crippen LogP) is 1.86. The maximum absolute atomic E-state index is 12.4. The van der Waals surface area contributed by atoms with Crippen LogP contribution < -0.4 is 5.32 Å².